The third-order valence-electron chi connectivity index (χ3n) is 4.82. The number of nitrogens with two attached hydrogens (primary N) is 1. The lowest BCUT2D eigenvalue weighted by molar-refractivity contribution is 0.0433. The quantitative estimate of drug-likeness (QED) is 0.753. The predicted octanol–water partition coefficient (Wildman–Crippen LogP) is 2.79. The van der Waals surface area contributed by atoms with Gasteiger partial charge in [-0.2, -0.15) is 0 Å². The van der Waals surface area contributed by atoms with Crippen LogP contribution in [0.5, 0.6) is 0 Å². The molecular formula is C16H32N2O. The molecule has 112 valence electrons. The van der Waals surface area contributed by atoms with Crippen molar-refractivity contribution in [3.05, 3.63) is 0 Å². The summed E-state index contributed by atoms with van der Waals surface area (Å²) in [6.07, 6.45) is 12.2. The summed E-state index contributed by atoms with van der Waals surface area (Å²) in [6.45, 7) is 5.27. The molecular weight excluding hydrogens is 236 g/mol. The third-order valence-corrected chi connectivity index (χ3v) is 4.82. The first kappa shape index (κ1) is 15.3. The molecule has 0 aromatic rings. The van der Waals surface area contributed by atoms with Crippen molar-refractivity contribution >= 4 is 0 Å². The number of hydrogen-bond acceptors (Lipinski definition) is 3. The summed E-state index contributed by atoms with van der Waals surface area (Å²) in [5.74, 6) is 0.856. The zero-order chi connectivity index (χ0) is 13.3. The Bertz CT molecular complexity index is 221. The molecule has 2 N–H and O–H groups in total. The van der Waals surface area contributed by atoms with Crippen LogP contribution in [0.1, 0.15) is 57.8 Å². The van der Waals surface area contributed by atoms with Crippen LogP contribution in [0.3, 0.4) is 0 Å². The van der Waals surface area contributed by atoms with Crippen molar-refractivity contribution in [3.8, 4) is 0 Å². The van der Waals surface area contributed by atoms with Gasteiger partial charge in [-0.05, 0) is 51.1 Å². The van der Waals surface area contributed by atoms with Gasteiger partial charge < -0.3 is 15.4 Å². The van der Waals surface area contributed by atoms with Crippen LogP contribution in [0.25, 0.3) is 0 Å². The Kier molecular flexibility index (Phi) is 7.18. The van der Waals surface area contributed by atoms with Gasteiger partial charge in [0.2, 0.25) is 0 Å². The highest BCUT2D eigenvalue weighted by molar-refractivity contribution is 4.78. The maximum Gasteiger partial charge on any atom is 0.0469 e. The zero-order valence-corrected chi connectivity index (χ0v) is 12.5. The zero-order valence-electron chi connectivity index (χ0n) is 12.5. The van der Waals surface area contributed by atoms with Crippen molar-refractivity contribution in [3.63, 3.8) is 0 Å². The predicted molar refractivity (Wildman–Crippen MR) is 80.3 cm³/mol. The van der Waals surface area contributed by atoms with E-state index in [-0.39, 0.29) is 0 Å². The van der Waals surface area contributed by atoms with Crippen molar-refractivity contribution in [2.24, 2.45) is 11.7 Å². The molecule has 0 bridgehead atoms. The van der Waals surface area contributed by atoms with E-state index < -0.39 is 0 Å². The molecule has 0 unspecified atom stereocenters. The Morgan fingerprint density at radius 3 is 2.26 bits per heavy atom. The first-order valence-electron chi connectivity index (χ1n) is 8.42. The van der Waals surface area contributed by atoms with E-state index in [4.69, 9.17) is 10.5 Å². The second-order valence-corrected chi connectivity index (χ2v) is 6.34. The van der Waals surface area contributed by atoms with Gasteiger partial charge in [0.1, 0.15) is 0 Å². The highest BCUT2D eigenvalue weighted by atomic mass is 16.5. The van der Waals surface area contributed by atoms with E-state index in [1.165, 1.54) is 64.5 Å². The Hall–Kier alpha value is -0.120. The first-order valence-corrected chi connectivity index (χ1v) is 8.42. The minimum atomic E-state index is 0.830. The van der Waals surface area contributed by atoms with Gasteiger partial charge in [0.15, 0.2) is 0 Å². The van der Waals surface area contributed by atoms with Crippen LogP contribution in [0.2, 0.25) is 0 Å². The highest BCUT2D eigenvalue weighted by Crippen LogP contribution is 2.25. The summed E-state index contributed by atoms with van der Waals surface area (Å²) in [5, 5.41) is 0. The van der Waals surface area contributed by atoms with Crippen molar-refractivity contribution < 1.29 is 4.74 Å². The molecule has 0 radical (unpaired) electrons. The second-order valence-electron chi connectivity index (χ2n) is 6.34. The standard InChI is InChI=1S/C16H32N2O/c17-10-5-11-18(14-15-8-12-19-13-9-15)16-6-3-1-2-4-7-16/h15-16H,1-14,17H2. The van der Waals surface area contributed by atoms with E-state index in [9.17, 15) is 0 Å². The fourth-order valence-corrected chi connectivity index (χ4v) is 3.60. The van der Waals surface area contributed by atoms with Crippen molar-refractivity contribution in [2.75, 3.05) is 32.8 Å². The number of hydrogen-bond donors (Lipinski definition) is 1. The van der Waals surface area contributed by atoms with Crippen LogP contribution in [0.15, 0.2) is 0 Å². The molecule has 1 aliphatic carbocycles. The van der Waals surface area contributed by atoms with E-state index in [2.05, 4.69) is 4.90 Å². The molecule has 2 rings (SSSR count). The van der Waals surface area contributed by atoms with Gasteiger partial charge in [-0.15, -0.1) is 0 Å². The van der Waals surface area contributed by atoms with E-state index in [1.807, 2.05) is 0 Å². The third kappa shape index (κ3) is 5.41. The van der Waals surface area contributed by atoms with Gasteiger partial charge in [-0.1, -0.05) is 25.7 Å². The molecule has 2 fully saturated rings. The SMILES string of the molecule is NCCCN(CC1CCOCC1)C1CCCCCC1. The summed E-state index contributed by atoms with van der Waals surface area (Å²) in [4.78, 5) is 2.77. The van der Waals surface area contributed by atoms with Gasteiger partial charge in [0, 0.05) is 25.8 Å². The maximum atomic E-state index is 5.72. The van der Waals surface area contributed by atoms with Crippen LogP contribution in [-0.2, 0) is 4.74 Å². The van der Waals surface area contributed by atoms with Crippen molar-refractivity contribution in [2.45, 2.75) is 63.8 Å². The smallest absolute Gasteiger partial charge is 0.0469 e. The lowest BCUT2D eigenvalue weighted by atomic mass is 9.97. The molecule has 1 saturated carbocycles. The summed E-state index contributed by atoms with van der Waals surface area (Å²) in [6, 6.07) is 0.830. The van der Waals surface area contributed by atoms with E-state index in [1.54, 1.807) is 0 Å². The van der Waals surface area contributed by atoms with Crippen molar-refractivity contribution in [1.82, 2.24) is 4.90 Å². The average molecular weight is 268 g/mol. The Balaban J connectivity index is 1.85. The molecule has 0 atom stereocenters. The number of rotatable bonds is 6. The highest BCUT2D eigenvalue weighted by Gasteiger charge is 2.23. The summed E-state index contributed by atoms with van der Waals surface area (Å²) < 4.78 is 5.49. The summed E-state index contributed by atoms with van der Waals surface area (Å²) in [7, 11) is 0. The van der Waals surface area contributed by atoms with E-state index >= 15 is 0 Å². The van der Waals surface area contributed by atoms with E-state index in [0.29, 0.717) is 0 Å². The lowest BCUT2D eigenvalue weighted by Crippen LogP contribution is -2.41. The average Bonchev–Trinajstić information content (AvgIpc) is 2.73. The number of ether oxygens (including phenoxy) is 1. The van der Waals surface area contributed by atoms with Crippen LogP contribution < -0.4 is 5.73 Å². The molecule has 1 heterocycles. The monoisotopic (exact) mass is 268 g/mol. The maximum absolute atomic E-state index is 5.72. The van der Waals surface area contributed by atoms with E-state index in [0.717, 1.165) is 38.1 Å². The first-order chi connectivity index (χ1) is 9.40. The molecule has 19 heavy (non-hydrogen) atoms. The molecule has 0 spiro atoms. The van der Waals surface area contributed by atoms with Crippen LogP contribution >= 0.6 is 0 Å². The number of nitrogens with zero attached hydrogens (tertiary/aromatic N) is 1. The van der Waals surface area contributed by atoms with Gasteiger partial charge >= 0.3 is 0 Å². The molecule has 2 aliphatic rings. The fraction of sp³-hybridized carbons (Fsp3) is 1.00. The van der Waals surface area contributed by atoms with Gasteiger partial charge in [0.05, 0.1) is 0 Å². The largest absolute Gasteiger partial charge is 0.381 e. The molecule has 1 saturated heterocycles. The molecule has 0 aromatic carbocycles. The van der Waals surface area contributed by atoms with Gasteiger partial charge in [0.25, 0.3) is 0 Å². The van der Waals surface area contributed by atoms with Crippen LogP contribution in [0.4, 0.5) is 0 Å². The molecule has 3 nitrogen and oxygen atoms in total. The Morgan fingerprint density at radius 1 is 0.947 bits per heavy atom. The topological polar surface area (TPSA) is 38.5 Å². The van der Waals surface area contributed by atoms with Crippen molar-refractivity contribution in [1.29, 1.82) is 0 Å². The molecule has 1 aliphatic heterocycles. The molecule has 0 aromatic heterocycles. The normalized spacial score (nSPS) is 23.7. The second kappa shape index (κ2) is 8.93. The summed E-state index contributed by atoms with van der Waals surface area (Å²) in [5.41, 5.74) is 5.72. The molecule has 0 amide bonds. The van der Waals surface area contributed by atoms with Gasteiger partial charge in [-0.25, -0.2) is 0 Å². The fourth-order valence-electron chi connectivity index (χ4n) is 3.60. The van der Waals surface area contributed by atoms with Crippen LogP contribution in [0, 0.1) is 5.92 Å². The van der Waals surface area contributed by atoms with Gasteiger partial charge in [-0.3, -0.25) is 0 Å². The van der Waals surface area contributed by atoms with Crippen LogP contribution in [-0.4, -0.2) is 43.8 Å². The molecule has 3 heteroatoms. The summed E-state index contributed by atoms with van der Waals surface area (Å²) >= 11 is 0. The Labute approximate surface area is 118 Å². The minimum absolute atomic E-state index is 0.830. The Morgan fingerprint density at radius 2 is 1.63 bits per heavy atom. The lowest BCUT2D eigenvalue weighted by Gasteiger charge is -2.35. The minimum Gasteiger partial charge on any atom is -0.381 e.